The lowest BCUT2D eigenvalue weighted by molar-refractivity contribution is 0.187. The van der Waals surface area contributed by atoms with Gasteiger partial charge in [-0.25, -0.2) is 13.2 Å². The monoisotopic (exact) mass is 287 g/mol. The smallest absolute Gasteiger partial charge is 0.317 e. The number of rotatable bonds is 3. The highest BCUT2D eigenvalue weighted by atomic mass is 32.2. The van der Waals surface area contributed by atoms with E-state index in [-0.39, 0.29) is 18.1 Å². The second-order valence-corrected chi connectivity index (χ2v) is 8.87. The molecule has 0 unspecified atom stereocenters. The van der Waals surface area contributed by atoms with Gasteiger partial charge in [-0.3, -0.25) is 0 Å². The van der Waals surface area contributed by atoms with E-state index in [2.05, 4.69) is 5.32 Å². The Bertz CT molecular complexity index is 514. The topological polar surface area (TPSA) is 92.5 Å². The number of urea groups is 1. The molecule has 1 saturated heterocycles. The Morgan fingerprint density at radius 3 is 2.47 bits per heavy atom. The van der Waals surface area contributed by atoms with Crippen LogP contribution in [0.25, 0.3) is 0 Å². The van der Waals surface area contributed by atoms with Crippen LogP contribution in [0, 0.1) is 5.92 Å². The van der Waals surface area contributed by atoms with Gasteiger partial charge in [0, 0.05) is 31.4 Å². The molecule has 0 radical (unpaired) electrons. The van der Waals surface area contributed by atoms with Gasteiger partial charge in [-0.05, 0) is 31.6 Å². The van der Waals surface area contributed by atoms with Gasteiger partial charge in [-0.2, -0.15) is 0 Å². The van der Waals surface area contributed by atoms with Gasteiger partial charge in [-0.1, -0.05) is 0 Å². The zero-order chi connectivity index (χ0) is 13.9. The lowest BCUT2D eigenvalue weighted by atomic mass is 9.70. The molecule has 0 aromatic carbocycles. The van der Waals surface area contributed by atoms with Gasteiger partial charge >= 0.3 is 6.03 Å². The van der Waals surface area contributed by atoms with Crippen LogP contribution < -0.4 is 11.1 Å². The van der Waals surface area contributed by atoms with Crippen molar-refractivity contribution < 1.29 is 13.2 Å². The fraction of sp³-hybridized carbons (Fsp3) is 0.917. The van der Waals surface area contributed by atoms with E-state index in [4.69, 9.17) is 5.73 Å². The highest BCUT2D eigenvalue weighted by molar-refractivity contribution is 7.92. The van der Waals surface area contributed by atoms with Crippen LogP contribution in [0.3, 0.4) is 0 Å². The number of nitrogens with one attached hydrogen (secondary N) is 1. The normalized spacial score (nSPS) is 35.5. The minimum atomic E-state index is -3.09. The van der Waals surface area contributed by atoms with Gasteiger partial charge in [0.25, 0.3) is 0 Å². The predicted octanol–water partition coefficient (Wildman–Crippen LogP) is -0.304. The first kappa shape index (κ1) is 13.2. The van der Waals surface area contributed by atoms with Crippen LogP contribution in [-0.4, -0.2) is 55.5 Å². The van der Waals surface area contributed by atoms with Crippen molar-refractivity contribution in [1.82, 2.24) is 10.2 Å². The molecular formula is C12H21N3O3S. The van der Waals surface area contributed by atoms with Crippen molar-refractivity contribution in [2.45, 2.75) is 36.0 Å². The molecule has 0 bridgehead atoms. The molecule has 2 amide bonds. The molecule has 2 atom stereocenters. The lowest BCUT2D eigenvalue weighted by Gasteiger charge is -2.39. The Balaban J connectivity index is 1.56. The van der Waals surface area contributed by atoms with Gasteiger partial charge in [0.05, 0.1) is 4.75 Å². The van der Waals surface area contributed by atoms with Crippen LogP contribution in [0.1, 0.15) is 25.7 Å². The maximum absolute atomic E-state index is 12.1. The Morgan fingerprint density at radius 2 is 2.11 bits per heavy atom. The first-order valence-electron chi connectivity index (χ1n) is 6.77. The Morgan fingerprint density at radius 1 is 1.42 bits per heavy atom. The number of hydrogen-bond donors (Lipinski definition) is 2. The maximum Gasteiger partial charge on any atom is 0.317 e. The summed E-state index contributed by atoms with van der Waals surface area (Å²) in [5, 5.41) is 2.77. The molecule has 3 aliphatic rings. The van der Waals surface area contributed by atoms with E-state index in [0.717, 1.165) is 12.8 Å². The molecule has 2 saturated carbocycles. The molecule has 3 fully saturated rings. The number of amides is 2. The summed E-state index contributed by atoms with van der Waals surface area (Å²) in [5.74, 6) is 0.419. The molecule has 1 heterocycles. The van der Waals surface area contributed by atoms with Gasteiger partial charge in [-0.15, -0.1) is 0 Å². The number of fused-ring (bicyclic) bond motifs is 1. The highest BCUT2D eigenvalue weighted by Crippen LogP contribution is 2.43. The summed E-state index contributed by atoms with van der Waals surface area (Å²) in [4.78, 5) is 13.8. The highest BCUT2D eigenvalue weighted by Gasteiger charge is 2.54. The maximum atomic E-state index is 12.1. The molecule has 3 rings (SSSR count). The quantitative estimate of drug-likeness (QED) is 0.745. The van der Waals surface area contributed by atoms with Crippen molar-refractivity contribution in [1.29, 1.82) is 0 Å². The summed E-state index contributed by atoms with van der Waals surface area (Å²) in [7, 11) is -3.09. The zero-order valence-corrected chi connectivity index (χ0v) is 12.0. The average molecular weight is 287 g/mol. The van der Waals surface area contributed by atoms with E-state index in [9.17, 15) is 13.2 Å². The van der Waals surface area contributed by atoms with Crippen molar-refractivity contribution in [2.75, 3.05) is 25.9 Å². The fourth-order valence-corrected chi connectivity index (χ4v) is 4.39. The molecule has 108 valence electrons. The molecule has 3 N–H and O–H groups in total. The van der Waals surface area contributed by atoms with Crippen molar-refractivity contribution in [3.63, 3.8) is 0 Å². The zero-order valence-electron chi connectivity index (χ0n) is 11.2. The number of hydrogen-bond acceptors (Lipinski definition) is 4. The molecular weight excluding hydrogens is 266 g/mol. The SMILES string of the molecule is CS(=O)(=O)C1(CNC(=O)N2C[C@@H]3CC[C@]3(N)C2)CC1. The predicted molar refractivity (Wildman–Crippen MR) is 71.4 cm³/mol. The van der Waals surface area contributed by atoms with Gasteiger partial charge < -0.3 is 16.0 Å². The molecule has 1 aliphatic heterocycles. The van der Waals surface area contributed by atoms with Crippen molar-refractivity contribution in [3.05, 3.63) is 0 Å². The molecule has 0 aromatic rings. The summed E-state index contributed by atoms with van der Waals surface area (Å²) in [6.07, 6.45) is 4.62. The summed E-state index contributed by atoms with van der Waals surface area (Å²) < 4.78 is 22.6. The van der Waals surface area contributed by atoms with Crippen LogP contribution in [0.5, 0.6) is 0 Å². The van der Waals surface area contributed by atoms with Crippen molar-refractivity contribution >= 4 is 15.9 Å². The Kier molecular flexibility index (Phi) is 2.67. The van der Waals surface area contributed by atoms with Crippen LogP contribution in [-0.2, 0) is 9.84 Å². The average Bonchev–Trinajstić information content (AvgIpc) is 3.06. The van der Waals surface area contributed by atoms with Gasteiger partial charge in [0.2, 0.25) is 0 Å². The number of sulfone groups is 1. The van der Waals surface area contributed by atoms with Crippen LogP contribution in [0.2, 0.25) is 0 Å². The molecule has 0 aromatic heterocycles. The van der Waals surface area contributed by atoms with Crippen molar-refractivity contribution in [2.24, 2.45) is 11.7 Å². The third kappa shape index (κ3) is 2.03. The largest absolute Gasteiger partial charge is 0.336 e. The molecule has 0 spiro atoms. The molecule has 19 heavy (non-hydrogen) atoms. The van der Waals surface area contributed by atoms with E-state index in [1.54, 1.807) is 4.90 Å². The third-order valence-electron chi connectivity index (χ3n) is 5.14. The lowest BCUT2D eigenvalue weighted by Crippen LogP contribution is -2.55. The van der Waals surface area contributed by atoms with E-state index in [1.807, 2.05) is 0 Å². The summed E-state index contributed by atoms with van der Waals surface area (Å²) in [6, 6.07) is -0.172. The summed E-state index contributed by atoms with van der Waals surface area (Å²) in [5.41, 5.74) is 5.99. The second-order valence-electron chi connectivity index (χ2n) is 6.46. The summed E-state index contributed by atoms with van der Waals surface area (Å²) in [6.45, 7) is 1.52. The van der Waals surface area contributed by atoms with E-state index < -0.39 is 14.6 Å². The number of likely N-dealkylation sites (tertiary alicyclic amines) is 1. The second kappa shape index (κ2) is 3.85. The number of carbonyl (C=O) groups is 1. The molecule has 7 heteroatoms. The van der Waals surface area contributed by atoms with Gasteiger partial charge in [0.1, 0.15) is 0 Å². The third-order valence-corrected chi connectivity index (χ3v) is 7.27. The molecule has 2 aliphatic carbocycles. The number of nitrogens with zero attached hydrogens (tertiary/aromatic N) is 1. The van der Waals surface area contributed by atoms with Crippen LogP contribution in [0.15, 0.2) is 0 Å². The molecule has 6 nitrogen and oxygen atoms in total. The van der Waals surface area contributed by atoms with Crippen LogP contribution in [0.4, 0.5) is 4.79 Å². The standard InChI is InChI=1S/C12H21N3O3S/c1-19(17,18)11(4-5-11)7-14-10(16)15-6-9-2-3-12(9,13)8-15/h9H,2-8,13H2,1H3,(H,14,16)/t9-,12-/m0/s1. The minimum absolute atomic E-state index is 0.172. The van der Waals surface area contributed by atoms with Gasteiger partial charge in [0.15, 0.2) is 9.84 Å². The van der Waals surface area contributed by atoms with Crippen molar-refractivity contribution in [3.8, 4) is 0 Å². The van der Waals surface area contributed by atoms with E-state index in [0.29, 0.717) is 31.8 Å². The Labute approximate surface area is 113 Å². The minimum Gasteiger partial charge on any atom is -0.336 e. The first-order chi connectivity index (χ1) is 8.76. The summed E-state index contributed by atoms with van der Waals surface area (Å²) >= 11 is 0. The number of nitrogens with two attached hydrogens (primary N) is 1. The number of carbonyl (C=O) groups excluding carboxylic acids is 1. The van der Waals surface area contributed by atoms with Crippen LogP contribution >= 0.6 is 0 Å². The van der Waals surface area contributed by atoms with E-state index in [1.165, 1.54) is 6.26 Å². The fourth-order valence-electron chi connectivity index (χ4n) is 3.21. The van der Waals surface area contributed by atoms with E-state index >= 15 is 0 Å². The first-order valence-corrected chi connectivity index (χ1v) is 8.66. The Hall–Kier alpha value is -0.820.